The van der Waals surface area contributed by atoms with Gasteiger partial charge in [-0.05, 0) is 24.1 Å². The largest absolute Gasteiger partial charge is 0.448 e. The van der Waals surface area contributed by atoms with Crippen molar-refractivity contribution in [3.63, 3.8) is 0 Å². The number of aliphatic hydroxyl groups excluding tert-OH is 1. The molecule has 4 nitrogen and oxygen atoms in total. The molecule has 2 aromatic rings. The van der Waals surface area contributed by atoms with Crippen molar-refractivity contribution in [2.45, 2.75) is 18.3 Å². The number of benzene rings is 1. The average Bonchev–Trinajstić information content (AvgIpc) is 2.92. The number of halogens is 1. The molecule has 19 heavy (non-hydrogen) atoms. The van der Waals surface area contributed by atoms with Crippen molar-refractivity contribution in [3.05, 3.63) is 52.7 Å². The number of nitriles is 1. The highest BCUT2D eigenvalue weighted by molar-refractivity contribution is 9.10. The van der Waals surface area contributed by atoms with E-state index in [1.54, 1.807) is 6.20 Å². The van der Waals surface area contributed by atoms with Gasteiger partial charge in [0.25, 0.3) is 0 Å². The van der Waals surface area contributed by atoms with E-state index < -0.39 is 0 Å². The Hall–Kier alpha value is -1.64. The Balaban J connectivity index is 2.36. The third-order valence-corrected chi connectivity index (χ3v) is 3.50. The van der Waals surface area contributed by atoms with Crippen LogP contribution in [0.5, 0.6) is 0 Å². The summed E-state index contributed by atoms with van der Waals surface area (Å²) in [5, 5.41) is 18.7. The minimum absolute atomic E-state index is 0.00243. The fourth-order valence-corrected chi connectivity index (χ4v) is 2.53. The minimum Gasteiger partial charge on any atom is -0.448 e. The molecule has 98 valence electrons. The molecule has 0 spiro atoms. The lowest BCUT2D eigenvalue weighted by molar-refractivity contribution is 0.263. The molecule has 0 fully saturated rings. The van der Waals surface area contributed by atoms with Gasteiger partial charge in [-0.25, -0.2) is 4.98 Å². The van der Waals surface area contributed by atoms with E-state index in [2.05, 4.69) is 27.0 Å². The van der Waals surface area contributed by atoms with Gasteiger partial charge in [0, 0.05) is 17.0 Å². The van der Waals surface area contributed by atoms with Crippen molar-refractivity contribution >= 4 is 15.9 Å². The van der Waals surface area contributed by atoms with Crippen LogP contribution in [0, 0.1) is 11.3 Å². The van der Waals surface area contributed by atoms with Crippen molar-refractivity contribution in [1.29, 1.82) is 5.26 Å². The molecule has 5 heteroatoms. The first-order valence-corrected chi connectivity index (χ1v) is 6.70. The van der Waals surface area contributed by atoms with Crippen LogP contribution >= 0.6 is 15.9 Å². The molecule has 0 amide bonds. The highest BCUT2D eigenvalue weighted by atomic mass is 79.9. The maximum atomic E-state index is 9.46. The van der Waals surface area contributed by atoms with E-state index in [0.29, 0.717) is 12.2 Å². The lowest BCUT2D eigenvalue weighted by Crippen LogP contribution is -2.11. The number of nitrogens with zero attached hydrogens (tertiary/aromatic N) is 2. The van der Waals surface area contributed by atoms with Crippen molar-refractivity contribution < 1.29 is 9.52 Å². The Morgan fingerprint density at radius 2 is 2.32 bits per heavy atom. The lowest BCUT2D eigenvalue weighted by Gasteiger charge is -2.19. The summed E-state index contributed by atoms with van der Waals surface area (Å²) in [5.41, 5.74) is 0.895. The first kappa shape index (κ1) is 13.8. The molecule has 0 aliphatic heterocycles. The Kier molecular flexibility index (Phi) is 4.72. The summed E-state index contributed by atoms with van der Waals surface area (Å²) in [6, 6.07) is 9.91. The normalized spacial score (nSPS) is 13.7. The molecule has 1 aromatic heterocycles. The summed E-state index contributed by atoms with van der Waals surface area (Å²) in [4.78, 5) is 3.89. The molecule has 1 N–H and O–H groups in total. The van der Waals surface area contributed by atoms with E-state index in [1.165, 1.54) is 6.39 Å². The fourth-order valence-electron chi connectivity index (χ4n) is 2.12. The molecule has 0 aliphatic rings. The Labute approximate surface area is 119 Å². The predicted molar refractivity (Wildman–Crippen MR) is 73.4 cm³/mol. The van der Waals surface area contributed by atoms with Gasteiger partial charge in [0.1, 0.15) is 5.76 Å². The van der Waals surface area contributed by atoms with Crippen LogP contribution in [0.1, 0.15) is 29.6 Å². The van der Waals surface area contributed by atoms with Crippen molar-refractivity contribution in [2.75, 3.05) is 6.61 Å². The average molecular weight is 321 g/mol. The van der Waals surface area contributed by atoms with Crippen molar-refractivity contribution in [2.24, 2.45) is 0 Å². The number of hydrogen-bond acceptors (Lipinski definition) is 4. The maximum Gasteiger partial charge on any atom is 0.180 e. The maximum absolute atomic E-state index is 9.46. The summed E-state index contributed by atoms with van der Waals surface area (Å²) in [6.45, 7) is -0.00243. The van der Waals surface area contributed by atoms with Crippen molar-refractivity contribution in [1.82, 2.24) is 4.98 Å². The van der Waals surface area contributed by atoms with Crippen LogP contribution in [0.4, 0.5) is 0 Å². The zero-order valence-corrected chi connectivity index (χ0v) is 11.7. The second kappa shape index (κ2) is 6.50. The van der Waals surface area contributed by atoms with Crippen LogP contribution in [-0.4, -0.2) is 16.7 Å². The fraction of sp³-hybridized carbons (Fsp3) is 0.286. The van der Waals surface area contributed by atoms with E-state index in [9.17, 15) is 10.4 Å². The summed E-state index contributed by atoms with van der Waals surface area (Å²) in [7, 11) is 0. The quantitative estimate of drug-likeness (QED) is 0.918. The highest BCUT2D eigenvalue weighted by Gasteiger charge is 2.27. The lowest BCUT2D eigenvalue weighted by atomic mass is 9.84. The van der Waals surface area contributed by atoms with Crippen LogP contribution in [-0.2, 0) is 0 Å². The van der Waals surface area contributed by atoms with E-state index in [4.69, 9.17) is 4.42 Å². The second-order valence-electron chi connectivity index (χ2n) is 4.18. The highest BCUT2D eigenvalue weighted by Crippen LogP contribution is 2.35. The van der Waals surface area contributed by atoms with Gasteiger partial charge in [-0.15, -0.1) is 0 Å². The SMILES string of the molecule is N#C[C@@H](c1cccc(Br)c1)[C@@H](CCO)c1cnco1. The molecule has 0 bridgehead atoms. The van der Waals surface area contributed by atoms with Crippen LogP contribution in [0.25, 0.3) is 0 Å². The number of aromatic nitrogens is 1. The Morgan fingerprint density at radius 3 is 2.89 bits per heavy atom. The number of aliphatic hydroxyl groups is 1. The zero-order chi connectivity index (χ0) is 13.7. The van der Waals surface area contributed by atoms with Gasteiger partial charge in [0.2, 0.25) is 0 Å². The molecule has 0 saturated heterocycles. The van der Waals surface area contributed by atoms with Gasteiger partial charge in [-0.1, -0.05) is 28.1 Å². The third kappa shape index (κ3) is 3.22. The molecule has 1 heterocycles. The molecule has 2 rings (SSSR count). The zero-order valence-electron chi connectivity index (χ0n) is 10.2. The van der Waals surface area contributed by atoms with Gasteiger partial charge in [0.15, 0.2) is 6.39 Å². The first-order valence-electron chi connectivity index (χ1n) is 5.90. The van der Waals surface area contributed by atoms with Crippen LogP contribution < -0.4 is 0 Å². The third-order valence-electron chi connectivity index (χ3n) is 3.01. The summed E-state index contributed by atoms with van der Waals surface area (Å²) in [6.07, 6.45) is 3.40. The van der Waals surface area contributed by atoms with E-state index in [0.717, 1.165) is 10.0 Å². The van der Waals surface area contributed by atoms with Gasteiger partial charge >= 0.3 is 0 Å². The molecule has 1 aromatic carbocycles. The van der Waals surface area contributed by atoms with Crippen LogP contribution in [0.15, 0.2) is 45.7 Å². The van der Waals surface area contributed by atoms with Gasteiger partial charge in [-0.2, -0.15) is 5.26 Å². The Bertz CT molecular complexity index is 563. The second-order valence-corrected chi connectivity index (χ2v) is 5.10. The number of oxazole rings is 1. The molecule has 0 aliphatic carbocycles. The molecular weight excluding hydrogens is 308 g/mol. The van der Waals surface area contributed by atoms with Gasteiger partial charge < -0.3 is 9.52 Å². The van der Waals surface area contributed by atoms with Gasteiger partial charge in [-0.3, -0.25) is 0 Å². The van der Waals surface area contributed by atoms with Crippen LogP contribution in [0.2, 0.25) is 0 Å². The first-order chi connectivity index (χ1) is 9.26. The summed E-state index contributed by atoms with van der Waals surface area (Å²) < 4.78 is 6.22. The summed E-state index contributed by atoms with van der Waals surface area (Å²) in [5.74, 6) is 0.0463. The van der Waals surface area contributed by atoms with Gasteiger partial charge in [0.05, 0.1) is 18.2 Å². The van der Waals surface area contributed by atoms with E-state index in [1.807, 2.05) is 24.3 Å². The smallest absolute Gasteiger partial charge is 0.180 e. The predicted octanol–water partition coefficient (Wildman–Crippen LogP) is 3.21. The summed E-state index contributed by atoms with van der Waals surface area (Å²) >= 11 is 3.40. The molecule has 0 unspecified atom stereocenters. The van der Waals surface area contributed by atoms with Crippen LogP contribution in [0.3, 0.4) is 0 Å². The molecule has 2 atom stereocenters. The number of hydrogen-bond donors (Lipinski definition) is 1. The van der Waals surface area contributed by atoms with E-state index in [-0.39, 0.29) is 18.4 Å². The molecule has 0 saturated carbocycles. The molecule has 0 radical (unpaired) electrons. The molecular formula is C14H13BrN2O2. The minimum atomic E-state index is -0.377. The Morgan fingerprint density at radius 1 is 1.47 bits per heavy atom. The topological polar surface area (TPSA) is 70.0 Å². The standard InChI is InChI=1S/C14H13BrN2O2/c15-11-3-1-2-10(6-11)13(7-16)12(4-5-18)14-8-17-9-19-14/h1-3,6,8-9,12-13,18H,4-5H2/t12-,13+/m1/s1. The van der Waals surface area contributed by atoms with E-state index >= 15 is 0 Å². The van der Waals surface area contributed by atoms with Crippen molar-refractivity contribution in [3.8, 4) is 6.07 Å². The number of rotatable bonds is 5. The monoisotopic (exact) mass is 320 g/mol.